The summed E-state index contributed by atoms with van der Waals surface area (Å²) in [5.74, 6) is 1.89. The molecule has 0 bridgehead atoms. The predicted molar refractivity (Wildman–Crippen MR) is 256 cm³/mol. The van der Waals surface area contributed by atoms with Crippen LogP contribution in [0.4, 0.5) is 0 Å². The molecule has 0 aliphatic rings. The third kappa shape index (κ3) is 7.04. The van der Waals surface area contributed by atoms with Crippen LogP contribution < -0.4 is 9.30 Å². The summed E-state index contributed by atoms with van der Waals surface area (Å²) in [7, 11) is 0. The lowest BCUT2D eigenvalue weighted by Gasteiger charge is -2.25. The van der Waals surface area contributed by atoms with Crippen molar-refractivity contribution in [1.29, 1.82) is 0 Å². The number of nitrogens with zero attached hydrogens (tertiary/aromatic N) is 4. The highest BCUT2D eigenvalue weighted by Crippen LogP contribution is 2.38. The Labute approximate surface area is 381 Å². The smallest absolute Gasteiger partial charge is 0.269 e. The van der Waals surface area contributed by atoms with E-state index in [0.717, 1.165) is 39.6 Å². The molecule has 8 aromatic carbocycles. The summed E-state index contributed by atoms with van der Waals surface area (Å²) >= 11 is 0. The van der Waals surface area contributed by atoms with E-state index in [2.05, 4.69) is 79.3 Å². The van der Waals surface area contributed by atoms with Gasteiger partial charge in [0, 0.05) is 23.0 Å². The number of pyridine rings is 1. The van der Waals surface area contributed by atoms with E-state index < -0.39 is 60.4 Å². The van der Waals surface area contributed by atoms with Gasteiger partial charge in [-0.05, 0) is 93.7 Å². The predicted octanol–water partition coefficient (Wildman–Crippen LogP) is 13.8. The lowest BCUT2D eigenvalue weighted by atomic mass is 9.79. The van der Waals surface area contributed by atoms with E-state index in [-0.39, 0.29) is 33.4 Å². The van der Waals surface area contributed by atoms with Crippen molar-refractivity contribution < 1.29 is 23.0 Å². The number of aromatic nitrogens is 4. The molecule has 0 aliphatic heterocycles. The second-order valence-corrected chi connectivity index (χ2v) is 16.0. The Bertz CT molecular complexity index is 3890. The van der Waals surface area contributed by atoms with Crippen LogP contribution in [0.5, 0.6) is 11.5 Å². The number of benzene rings is 8. The first-order valence-corrected chi connectivity index (χ1v) is 20.7. The summed E-state index contributed by atoms with van der Waals surface area (Å²) in [6, 6.07) is 43.5. The minimum absolute atomic E-state index is 0.114. The van der Waals surface area contributed by atoms with E-state index >= 15 is 0 Å². The molecule has 11 rings (SSSR count). The summed E-state index contributed by atoms with van der Waals surface area (Å²) in [5.41, 5.74) is 6.32. The number of fused-ring (bicyclic) bond motifs is 4. The van der Waals surface area contributed by atoms with E-state index in [1.165, 1.54) is 5.56 Å². The molecule has 0 atom stereocenters. The second kappa shape index (κ2) is 15.8. The minimum atomic E-state index is -0.566. The number of para-hydroxylation sites is 4. The highest BCUT2D eigenvalue weighted by Gasteiger charge is 2.23. The molecule has 0 amide bonds. The zero-order chi connectivity index (χ0) is 51.0. The van der Waals surface area contributed by atoms with Gasteiger partial charge in [-0.2, -0.15) is 0 Å². The molecule has 3 aromatic heterocycles. The van der Waals surface area contributed by atoms with Crippen LogP contribution in [0.3, 0.4) is 0 Å². The van der Waals surface area contributed by atoms with Crippen molar-refractivity contribution in [2.45, 2.75) is 25.7 Å². The first-order valence-electron chi connectivity index (χ1n) is 25.7. The zero-order valence-electron chi connectivity index (χ0n) is 44.4. The molecule has 0 saturated heterocycles. The maximum absolute atomic E-state index is 9.02. The van der Waals surface area contributed by atoms with Gasteiger partial charge in [0.2, 0.25) is 0 Å². The van der Waals surface area contributed by atoms with Gasteiger partial charge in [0.05, 0.1) is 47.1 Å². The van der Waals surface area contributed by atoms with Crippen LogP contribution in [0, 0.1) is 6.33 Å². The standard InChI is InChI=1S/C58H44N4O/c1-58(2,44-22-10-5-11-23-44)39-41-34-35-59-56(36-41)62-52-29-13-12-26-50(52)51-33-32-47(38-55(51)62)63-46-25-16-24-45(37-46)60-40-61(54-31-15-14-30-53(54)60)57-48(42-18-6-3-7-19-42)27-17-28-49(57)43-20-8-4-9-21-43/h3-38H,39H2,1-2H3/i3D,4D,6D,7D,8D,9D,18D,19D,20D,21D. The maximum Gasteiger partial charge on any atom is 0.269 e. The van der Waals surface area contributed by atoms with Crippen molar-refractivity contribution in [3.63, 3.8) is 0 Å². The van der Waals surface area contributed by atoms with Gasteiger partial charge in [0.25, 0.3) is 6.33 Å². The summed E-state index contributed by atoms with van der Waals surface area (Å²) in [5, 5.41) is 2.12. The van der Waals surface area contributed by atoms with Crippen LogP contribution in [0.15, 0.2) is 218 Å². The number of imidazole rings is 1. The molecule has 0 spiro atoms. The highest BCUT2D eigenvalue weighted by atomic mass is 16.5. The summed E-state index contributed by atoms with van der Waals surface area (Å²) < 4.78 is 99.4. The van der Waals surface area contributed by atoms with Gasteiger partial charge in [0.1, 0.15) is 17.3 Å². The first-order chi connectivity index (χ1) is 35.1. The van der Waals surface area contributed by atoms with Crippen molar-refractivity contribution in [3.8, 4) is 50.9 Å². The van der Waals surface area contributed by atoms with Crippen molar-refractivity contribution >= 4 is 32.8 Å². The number of hydrogen-bond donors (Lipinski definition) is 0. The third-order valence-electron chi connectivity index (χ3n) is 11.6. The molecule has 302 valence electrons. The van der Waals surface area contributed by atoms with E-state index in [1.54, 1.807) is 27.3 Å². The van der Waals surface area contributed by atoms with E-state index in [9.17, 15) is 0 Å². The molecule has 0 saturated carbocycles. The van der Waals surface area contributed by atoms with Crippen LogP contribution in [0.25, 0.3) is 72.3 Å². The van der Waals surface area contributed by atoms with Crippen molar-refractivity contribution in [2.24, 2.45) is 0 Å². The second-order valence-electron chi connectivity index (χ2n) is 16.0. The normalized spacial score (nSPS) is 13.9. The molecule has 0 radical (unpaired) electrons. The van der Waals surface area contributed by atoms with Crippen molar-refractivity contribution in [3.05, 3.63) is 236 Å². The fraction of sp³-hybridized carbons (Fsp3) is 0.0690. The molecule has 5 nitrogen and oxygen atoms in total. The van der Waals surface area contributed by atoms with Gasteiger partial charge >= 0.3 is 0 Å². The van der Waals surface area contributed by atoms with Crippen LogP contribution in [0.2, 0.25) is 0 Å². The number of rotatable bonds is 10. The van der Waals surface area contributed by atoms with Gasteiger partial charge in [0.15, 0.2) is 0 Å². The first kappa shape index (κ1) is 28.5. The van der Waals surface area contributed by atoms with E-state index in [4.69, 9.17) is 23.4 Å². The molecule has 0 fully saturated rings. The molecule has 63 heavy (non-hydrogen) atoms. The molecular weight excluding hydrogens is 769 g/mol. The Kier molecular flexibility index (Phi) is 7.14. The summed E-state index contributed by atoms with van der Waals surface area (Å²) in [4.78, 5) is 4.91. The molecule has 0 unspecified atom stereocenters. The molecule has 11 aromatic rings. The number of hydrogen-bond acceptors (Lipinski definition) is 2. The molecular formula is C58H44N4O. The van der Waals surface area contributed by atoms with Crippen LogP contribution in [0.1, 0.15) is 38.7 Å². The third-order valence-corrected chi connectivity index (χ3v) is 11.6. The quantitative estimate of drug-likeness (QED) is 0.102. The monoisotopic (exact) mass is 822 g/mol. The van der Waals surface area contributed by atoms with E-state index in [0.29, 0.717) is 28.2 Å². The fourth-order valence-corrected chi connectivity index (χ4v) is 8.65. The van der Waals surface area contributed by atoms with Gasteiger partial charge in [-0.25, -0.2) is 4.98 Å². The Morgan fingerprint density at radius 3 is 2.02 bits per heavy atom. The van der Waals surface area contributed by atoms with Crippen molar-refractivity contribution in [1.82, 2.24) is 14.1 Å². The number of ether oxygens (including phenoxy) is 1. The maximum atomic E-state index is 9.02. The molecule has 5 heteroatoms. The Morgan fingerprint density at radius 1 is 0.603 bits per heavy atom. The summed E-state index contributed by atoms with van der Waals surface area (Å²) in [6.07, 6.45) is 6.13. The minimum Gasteiger partial charge on any atom is -0.458 e. The van der Waals surface area contributed by atoms with Crippen LogP contribution in [-0.4, -0.2) is 14.1 Å². The largest absolute Gasteiger partial charge is 0.458 e. The molecule has 0 N–H and O–H groups in total. The lowest BCUT2D eigenvalue weighted by molar-refractivity contribution is -0.571. The van der Waals surface area contributed by atoms with Crippen LogP contribution >= 0.6 is 0 Å². The Morgan fingerprint density at radius 2 is 1.25 bits per heavy atom. The van der Waals surface area contributed by atoms with Crippen molar-refractivity contribution in [2.75, 3.05) is 0 Å². The van der Waals surface area contributed by atoms with Gasteiger partial charge in [-0.1, -0.05) is 171 Å². The average Bonchev–Trinajstić information content (AvgIpc) is 3.95. The summed E-state index contributed by atoms with van der Waals surface area (Å²) in [6.45, 7) is 4.52. The Balaban J connectivity index is 1.04. The van der Waals surface area contributed by atoms with Gasteiger partial charge in [-0.15, -0.1) is 0 Å². The highest BCUT2D eigenvalue weighted by molar-refractivity contribution is 6.09. The lowest BCUT2D eigenvalue weighted by Crippen LogP contribution is -2.31. The van der Waals surface area contributed by atoms with Gasteiger partial charge in [-0.3, -0.25) is 13.7 Å². The molecule has 0 aliphatic carbocycles. The average molecular weight is 823 g/mol. The topological polar surface area (TPSA) is 35.9 Å². The van der Waals surface area contributed by atoms with Gasteiger partial charge < -0.3 is 4.74 Å². The fourth-order valence-electron chi connectivity index (χ4n) is 8.65. The van der Waals surface area contributed by atoms with Crippen LogP contribution in [-0.2, 0) is 11.8 Å². The van der Waals surface area contributed by atoms with E-state index in [1.807, 2.05) is 85.1 Å². The zero-order valence-corrected chi connectivity index (χ0v) is 34.4. The SMILES string of the molecule is [2H]c1c([2H])c([2H])c(-c2cccc(-c3c([2H])c([2H])c([2H])c([2H])c3[2H])c2-[n+]2[c-]n(-c3cccc(Oc4ccc5c6ccccc6n(-c6cc(CC(C)(C)c7ccccc7)ccn6)c5c4)c3)c3ccccc32)c([2H])c1[2H]. The Hall–Kier alpha value is -8.02. The molecule has 3 heterocycles.